The van der Waals surface area contributed by atoms with Gasteiger partial charge in [0.25, 0.3) is 0 Å². The summed E-state index contributed by atoms with van der Waals surface area (Å²) in [6.07, 6.45) is 3.50. The van der Waals surface area contributed by atoms with Gasteiger partial charge in [0.05, 0.1) is 0 Å². The Kier molecular flexibility index (Phi) is 2.36. The molecule has 0 radical (unpaired) electrons. The molecule has 0 aliphatic heterocycles. The lowest BCUT2D eigenvalue weighted by Gasteiger charge is -2.22. The zero-order valence-corrected chi connectivity index (χ0v) is 9.09. The van der Waals surface area contributed by atoms with Crippen molar-refractivity contribution in [3.05, 3.63) is 35.4 Å². The van der Waals surface area contributed by atoms with Crippen LogP contribution in [0.2, 0.25) is 0 Å². The Morgan fingerprint density at radius 2 is 2.00 bits per heavy atom. The van der Waals surface area contributed by atoms with Crippen molar-refractivity contribution in [3.63, 3.8) is 0 Å². The third-order valence-corrected chi connectivity index (χ3v) is 3.26. The van der Waals surface area contributed by atoms with Gasteiger partial charge in [-0.15, -0.1) is 0 Å². The van der Waals surface area contributed by atoms with Gasteiger partial charge in [-0.1, -0.05) is 38.1 Å². The maximum atomic E-state index is 6.17. The molecule has 0 amide bonds. The van der Waals surface area contributed by atoms with Gasteiger partial charge in [0.15, 0.2) is 0 Å². The van der Waals surface area contributed by atoms with E-state index in [4.69, 9.17) is 5.73 Å². The Bertz CT molecular complexity index is 328. The zero-order chi connectivity index (χ0) is 10.2. The third-order valence-electron chi connectivity index (χ3n) is 3.26. The average molecular weight is 189 g/mol. The molecule has 1 nitrogen and oxygen atoms in total. The number of hydrogen-bond acceptors (Lipinski definition) is 1. The summed E-state index contributed by atoms with van der Waals surface area (Å²) in [4.78, 5) is 0. The molecule has 0 spiro atoms. The van der Waals surface area contributed by atoms with Crippen molar-refractivity contribution >= 4 is 0 Å². The van der Waals surface area contributed by atoms with E-state index < -0.39 is 0 Å². The van der Waals surface area contributed by atoms with Crippen LogP contribution in [0.5, 0.6) is 0 Å². The van der Waals surface area contributed by atoms with Crippen LogP contribution in [0.4, 0.5) is 0 Å². The summed E-state index contributed by atoms with van der Waals surface area (Å²) in [6.45, 7) is 4.67. The fraction of sp³-hybridized carbons (Fsp3) is 0.538. The summed E-state index contributed by atoms with van der Waals surface area (Å²) < 4.78 is 0. The third kappa shape index (κ3) is 1.83. The predicted molar refractivity (Wildman–Crippen MR) is 60.1 cm³/mol. The quantitative estimate of drug-likeness (QED) is 0.624. The Morgan fingerprint density at radius 1 is 1.29 bits per heavy atom. The maximum Gasteiger partial charge on any atom is 0.0297 e. The highest BCUT2D eigenvalue weighted by Crippen LogP contribution is 2.36. The molecule has 1 heteroatoms. The van der Waals surface area contributed by atoms with E-state index >= 15 is 0 Å². The highest BCUT2D eigenvalue weighted by molar-refractivity contribution is 5.31. The van der Waals surface area contributed by atoms with Crippen molar-refractivity contribution in [2.75, 3.05) is 0 Å². The van der Waals surface area contributed by atoms with Gasteiger partial charge in [-0.3, -0.25) is 0 Å². The van der Waals surface area contributed by atoms with Gasteiger partial charge in [0, 0.05) is 6.04 Å². The number of hydrogen-bond donors (Lipinski definition) is 1. The highest BCUT2D eigenvalue weighted by Gasteiger charge is 2.26. The van der Waals surface area contributed by atoms with Crippen LogP contribution in [-0.4, -0.2) is 0 Å². The number of nitrogens with two attached hydrogens (primary N) is 1. The molecule has 0 saturated carbocycles. The van der Waals surface area contributed by atoms with Crippen LogP contribution in [-0.2, 0) is 6.42 Å². The minimum atomic E-state index is 0.243. The molecule has 0 fully saturated rings. The zero-order valence-electron chi connectivity index (χ0n) is 9.09. The Hall–Kier alpha value is -0.820. The molecule has 1 aliphatic carbocycles. The smallest absolute Gasteiger partial charge is 0.0297 e. The van der Waals surface area contributed by atoms with E-state index in [2.05, 4.69) is 38.1 Å². The van der Waals surface area contributed by atoms with E-state index in [0.717, 1.165) is 12.8 Å². The van der Waals surface area contributed by atoms with Gasteiger partial charge in [0.2, 0.25) is 0 Å². The number of benzene rings is 1. The lowest BCUT2D eigenvalue weighted by atomic mass is 9.83. The average Bonchev–Trinajstić information content (AvgIpc) is 2.25. The van der Waals surface area contributed by atoms with Crippen molar-refractivity contribution in [1.82, 2.24) is 0 Å². The van der Waals surface area contributed by atoms with Crippen molar-refractivity contribution in [3.8, 4) is 0 Å². The molecule has 1 aliphatic rings. The molecule has 0 aromatic heterocycles. The molecule has 0 saturated heterocycles. The fourth-order valence-electron chi connectivity index (χ4n) is 2.36. The standard InChI is InChI=1S/C13H19N/c1-13(2)8-7-12(14)11-6-4-3-5-10(11)9-13/h3-6,12H,7-9,14H2,1-2H3. The first-order valence-corrected chi connectivity index (χ1v) is 5.42. The molecule has 2 rings (SSSR count). The molecule has 1 aromatic carbocycles. The van der Waals surface area contributed by atoms with E-state index in [1.165, 1.54) is 17.5 Å². The lowest BCUT2D eigenvalue weighted by Crippen LogP contribution is -2.13. The van der Waals surface area contributed by atoms with Crippen molar-refractivity contribution in [2.45, 2.75) is 39.2 Å². The minimum Gasteiger partial charge on any atom is -0.324 e. The number of fused-ring (bicyclic) bond motifs is 1. The van der Waals surface area contributed by atoms with Gasteiger partial charge < -0.3 is 5.73 Å². The first-order valence-electron chi connectivity index (χ1n) is 5.42. The van der Waals surface area contributed by atoms with Gasteiger partial charge in [-0.05, 0) is 35.8 Å². The van der Waals surface area contributed by atoms with Crippen LogP contribution >= 0.6 is 0 Å². The molecule has 76 valence electrons. The van der Waals surface area contributed by atoms with Crippen molar-refractivity contribution < 1.29 is 0 Å². The summed E-state index contributed by atoms with van der Waals surface area (Å²) in [5, 5.41) is 0. The van der Waals surface area contributed by atoms with Gasteiger partial charge in [-0.2, -0.15) is 0 Å². The largest absolute Gasteiger partial charge is 0.324 e. The molecular weight excluding hydrogens is 170 g/mol. The van der Waals surface area contributed by atoms with Crippen LogP contribution in [0.3, 0.4) is 0 Å². The Labute approximate surface area is 86.3 Å². The van der Waals surface area contributed by atoms with Crippen LogP contribution in [0.25, 0.3) is 0 Å². The summed E-state index contributed by atoms with van der Waals surface area (Å²) in [7, 11) is 0. The van der Waals surface area contributed by atoms with E-state index in [9.17, 15) is 0 Å². The van der Waals surface area contributed by atoms with Gasteiger partial charge in [0.1, 0.15) is 0 Å². The summed E-state index contributed by atoms with van der Waals surface area (Å²) in [5.41, 5.74) is 9.38. The maximum absolute atomic E-state index is 6.17. The summed E-state index contributed by atoms with van der Waals surface area (Å²) in [6, 6.07) is 8.86. The fourth-order valence-corrected chi connectivity index (χ4v) is 2.36. The molecule has 14 heavy (non-hydrogen) atoms. The van der Waals surface area contributed by atoms with Crippen molar-refractivity contribution in [1.29, 1.82) is 0 Å². The van der Waals surface area contributed by atoms with E-state index in [-0.39, 0.29) is 6.04 Å². The summed E-state index contributed by atoms with van der Waals surface area (Å²) >= 11 is 0. The summed E-state index contributed by atoms with van der Waals surface area (Å²) in [5.74, 6) is 0. The molecule has 2 N–H and O–H groups in total. The lowest BCUT2D eigenvalue weighted by molar-refractivity contribution is 0.324. The monoisotopic (exact) mass is 189 g/mol. The second-order valence-corrected chi connectivity index (χ2v) is 5.18. The van der Waals surface area contributed by atoms with Crippen LogP contribution in [0.15, 0.2) is 24.3 Å². The highest BCUT2D eigenvalue weighted by atomic mass is 14.6. The molecule has 0 bridgehead atoms. The number of rotatable bonds is 0. The first-order chi connectivity index (χ1) is 6.58. The normalized spacial score (nSPS) is 25.2. The minimum absolute atomic E-state index is 0.243. The van der Waals surface area contributed by atoms with Crippen molar-refractivity contribution in [2.24, 2.45) is 11.1 Å². The van der Waals surface area contributed by atoms with E-state index in [0.29, 0.717) is 5.41 Å². The predicted octanol–water partition coefficient (Wildman–Crippen LogP) is 3.05. The SMILES string of the molecule is CC1(C)CCC(N)c2ccccc2C1. The van der Waals surface area contributed by atoms with Crippen LogP contribution < -0.4 is 5.73 Å². The Balaban J connectivity index is 2.41. The second-order valence-electron chi connectivity index (χ2n) is 5.18. The molecular formula is C13H19N. The first kappa shape index (κ1) is 9.72. The van der Waals surface area contributed by atoms with Gasteiger partial charge in [-0.25, -0.2) is 0 Å². The topological polar surface area (TPSA) is 26.0 Å². The van der Waals surface area contributed by atoms with Gasteiger partial charge >= 0.3 is 0 Å². The van der Waals surface area contributed by atoms with Crippen LogP contribution in [0, 0.1) is 5.41 Å². The molecule has 1 unspecified atom stereocenters. The molecule has 1 aromatic rings. The van der Waals surface area contributed by atoms with E-state index in [1.807, 2.05) is 0 Å². The molecule has 1 atom stereocenters. The second kappa shape index (κ2) is 3.39. The molecule has 0 heterocycles. The van der Waals surface area contributed by atoms with E-state index in [1.54, 1.807) is 0 Å². The van der Waals surface area contributed by atoms with Crippen LogP contribution in [0.1, 0.15) is 43.9 Å². The Morgan fingerprint density at radius 3 is 2.79 bits per heavy atom.